The number of amides is 1. The molecule has 0 radical (unpaired) electrons. The molecule has 5 heteroatoms. The molecule has 0 saturated carbocycles. The Bertz CT molecular complexity index is 578. The third kappa shape index (κ3) is 3.12. The lowest BCUT2D eigenvalue weighted by Crippen LogP contribution is -2.32. The van der Waals surface area contributed by atoms with E-state index in [9.17, 15) is 9.59 Å². The van der Waals surface area contributed by atoms with E-state index in [0.717, 1.165) is 37.8 Å². The molecule has 0 atom stereocenters. The van der Waals surface area contributed by atoms with Crippen LogP contribution in [0.1, 0.15) is 48.7 Å². The van der Waals surface area contributed by atoms with Gasteiger partial charge >= 0.3 is 0 Å². The van der Waals surface area contributed by atoms with Gasteiger partial charge in [0.05, 0.1) is 7.11 Å². The van der Waals surface area contributed by atoms with Crippen molar-refractivity contribution < 1.29 is 9.53 Å². The molecule has 0 bridgehead atoms. The number of rotatable bonds is 4. The fraction of sp³-hybridized carbons (Fsp3) is 0.625. The Morgan fingerprint density at radius 1 is 1.38 bits per heavy atom. The van der Waals surface area contributed by atoms with E-state index in [1.54, 1.807) is 16.5 Å². The van der Waals surface area contributed by atoms with Crippen LogP contribution in [0.4, 0.5) is 0 Å². The minimum atomic E-state index is -0.0709. The number of nitrogens with zero attached hydrogens (tertiary/aromatic N) is 2. The Kier molecular flexibility index (Phi) is 5.04. The Morgan fingerprint density at radius 3 is 2.81 bits per heavy atom. The van der Waals surface area contributed by atoms with Crippen molar-refractivity contribution in [2.24, 2.45) is 0 Å². The third-order valence-electron chi connectivity index (χ3n) is 4.02. The fourth-order valence-corrected chi connectivity index (χ4v) is 2.93. The molecule has 0 unspecified atom stereocenters. The van der Waals surface area contributed by atoms with Crippen LogP contribution in [0.3, 0.4) is 0 Å². The van der Waals surface area contributed by atoms with Gasteiger partial charge in [-0.3, -0.25) is 9.59 Å². The zero-order valence-electron chi connectivity index (χ0n) is 13.1. The topological polar surface area (TPSA) is 51.5 Å². The van der Waals surface area contributed by atoms with E-state index in [-0.39, 0.29) is 11.5 Å². The predicted molar refractivity (Wildman–Crippen MR) is 82.1 cm³/mol. The van der Waals surface area contributed by atoms with Crippen molar-refractivity contribution in [2.75, 3.05) is 20.7 Å². The number of ether oxygens (including phenoxy) is 1. The lowest BCUT2D eigenvalue weighted by atomic mass is 10.1. The summed E-state index contributed by atoms with van der Waals surface area (Å²) < 4.78 is 7.07. The van der Waals surface area contributed by atoms with Gasteiger partial charge in [-0.25, -0.2) is 0 Å². The number of carbonyl (C=O) groups excluding carboxylic acids is 1. The lowest BCUT2D eigenvalue weighted by molar-refractivity contribution is 0.0789. The molecular weight excluding hydrogens is 268 g/mol. The second kappa shape index (κ2) is 6.78. The minimum Gasteiger partial charge on any atom is -0.496 e. The van der Waals surface area contributed by atoms with Gasteiger partial charge in [-0.2, -0.15) is 0 Å². The summed E-state index contributed by atoms with van der Waals surface area (Å²) in [5, 5.41) is 0. The summed E-state index contributed by atoms with van der Waals surface area (Å²) in [6.07, 6.45) is 4.73. The molecule has 1 aromatic rings. The monoisotopic (exact) mass is 292 g/mol. The molecule has 0 aromatic carbocycles. The van der Waals surface area contributed by atoms with Crippen LogP contribution in [0.5, 0.6) is 5.75 Å². The maximum Gasteiger partial charge on any atom is 0.259 e. The van der Waals surface area contributed by atoms with Gasteiger partial charge in [-0.15, -0.1) is 0 Å². The second-order valence-electron chi connectivity index (χ2n) is 5.56. The summed E-state index contributed by atoms with van der Waals surface area (Å²) in [7, 11) is 3.31. The van der Waals surface area contributed by atoms with Crippen molar-refractivity contribution >= 4 is 5.91 Å². The van der Waals surface area contributed by atoms with Crippen LogP contribution in [0, 0.1) is 0 Å². The maximum absolute atomic E-state index is 12.7. The van der Waals surface area contributed by atoms with Crippen molar-refractivity contribution in [3.63, 3.8) is 0 Å². The molecule has 0 spiro atoms. The van der Waals surface area contributed by atoms with Crippen LogP contribution in [-0.2, 0) is 13.0 Å². The van der Waals surface area contributed by atoms with Gasteiger partial charge in [-0.05, 0) is 25.7 Å². The first-order valence-corrected chi connectivity index (χ1v) is 7.66. The SMILES string of the molecule is CCCN(C)C(=O)c1c(OC)cc(=O)n2c1CCCCC2. The minimum absolute atomic E-state index is 0.0562. The summed E-state index contributed by atoms with van der Waals surface area (Å²) in [4.78, 5) is 26.7. The first kappa shape index (κ1) is 15.6. The van der Waals surface area contributed by atoms with Gasteiger partial charge in [0.15, 0.2) is 0 Å². The Morgan fingerprint density at radius 2 is 2.14 bits per heavy atom. The zero-order valence-corrected chi connectivity index (χ0v) is 13.1. The normalized spacial score (nSPS) is 14.2. The van der Waals surface area contributed by atoms with Crippen LogP contribution >= 0.6 is 0 Å². The Labute approximate surface area is 125 Å². The van der Waals surface area contributed by atoms with Gasteiger partial charge in [0.2, 0.25) is 0 Å². The number of aromatic nitrogens is 1. The van der Waals surface area contributed by atoms with Crippen molar-refractivity contribution in [3.8, 4) is 5.75 Å². The first-order valence-electron chi connectivity index (χ1n) is 7.66. The standard InChI is InChI=1S/C16H24N2O3/c1-4-9-17(2)16(20)15-12-8-6-5-7-10-18(12)14(19)11-13(15)21-3/h11H,4-10H2,1-3H3. The number of carbonyl (C=O) groups is 1. The molecule has 1 amide bonds. The summed E-state index contributed by atoms with van der Waals surface area (Å²) >= 11 is 0. The van der Waals surface area contributed by atoms with Gasteiger partial charge < -0.3 is 14.2 Å². The lowest BCUT2D eigenvalue weighted by Gasteiger charge is -2.22. The molecule has 1 aliphatic heterocycles. The molecule has 0 N–H and O–H groups in total. The van der Waals surface area contributed by atoms with E-state index in [1.807, 2.05) is 6.92 Å². The maximum atomic E-state index is 12.7. The van der Waals surface area contributed by atoms with E-state index in [2.05, 4.69) is 0 Å². The molecule has 0 saturated heterocycles. The zero-order chi connectivity index (χ0) is 15.4. The number of hydrogen-bond donors (Lipinski definition) is 0. The van der Waals surface area contributed by atoms with E-state index >= 15 is 0 Å². The fourth-order valence-electron chi connectivity index (χ4n) is 2.93. The summed E-state index contributed by atoms with van der Waals surface area (Å²) in [5.41, 5.74) is 1.33. The second-order valence-corrected chi connectivity index (χ2v) is 5.56. The van der Waals surface area contributed by atoms with Crippen molar-refractivity contribution in [2.45, 2.75) is 45.6 Å². The highest BCUT2D eigenvalue weighted by Crippen LogP contribution is 2.25. The molecule has 5 nitrogen and oxygen atoms in total. The van der Waals surface area contributed by atoms with Gasteiger partial charge in [0.1, 0.15) is 11.3 Å². The number of methoxy groups -OCH3 is 1. The molecule has 21 heavy (non-hydrogen) atoms. The van der Waals surface area contributed by atoms with Gasteiger partial charge in [-0.1, -0.05) is 13.3 Å². The molecule has 1 aliphatic rings. The number of hydrogen-bond acceptors (Lipinski definition) is 3. The van der Waals surface area contributed by atoms with Crippen molar-refractivity contribution in [1.29, 1.82) is 0 Å². The summed E-state index contributed by atoms with van der Waals surface area (Å²) in [6.45, 7) is 3.42. The van der Waals surface area contributed by atoms with Crippen LogP contribution < -0.4 is 10.3 Å². The van der Waals surface area contributed by atoms with Crippen molar-refractivity contribution in [3.05, 3.63) is 27.7 Å². The largest absolute Gasteiger partial charge is 0.496 e. The van der Waals surface area contributed by atoms with Gasteiger partial charge in [0.25, 0.3) is 11.5 Å². The summed E-state index contributed by atoms with van der Waals surface area (Å²) in [5.74, 6) is 0.348. The number of pyridine rings is 1. The van der Waals surface area contributed by atoms with E-state index in [0.29, 0.717) is 24.4 Å². The molecule has 2 heterocycles. The first-order chi connectivity index (χ1) is 10.1. The predicted octanol–water partition coefficient (Wildman–Crippen LogP) is 2.07. The van der Waals surface area contributed by atoms with Gasteiger partial charge in [0, 0.05) is 31.9 Å². The van der Waals surface area contributed by atoms with E-state index < -0.39 is 0 Å². The smallest absolute Gasteiger partial charge is 0.259 e. The van der Waals surface area contributed by atoms with E-state index in [4.69, 9.17) is 4.74 Å². The van der Waals surface area contributed by atoms with E-state index in [1.165, 1.54) is 13.2 Å². The van der Waals surface area contributed by atoms with Crippen LogP contribution in [-0.4, -0.2) is 36.1 Å². The highest BCUT2D eigenvalue weighted by atomic mass is 16.5. The van der Waals surface area contributed by atoms with Crippen LogP contribution in [0.25, 0.3) is 0 Å². The highest BCUT2D eigenvalue weighted by molar-refractivity contribution is 5.98. The molecule has 2 rings (SSSR count). The molecule has 1 aromatic heterocycles. The highest BCUT2D eigenvalue weighted by Gasteiger charge is 2.25. The Balaban J connectivity index is 2.57. The average molecular weight is 292 g/mol. The Hall–Kier alpha value is -1.78. The quantitative estimate of drug-likeness (QED) is 0.853. The third-order valence-corrected chi connectivity index (χ3v) is 4.02. The molecule has 116 valence electrons. The van der Waals surface area contributed by atoms with Crippen LogP contribution in [0.15, 0.2) is 10.9 Å². The number of fused-ring (bicyclic) bond motifs is 1. The van der Waals surface area contributed by atoms with Crippen LogP contribution in [0.2, 0.25) is 0 Å². The van der Waals surface area contributed by atoms with Crippen molar-refractivity contribution in [1.82, 2.24) is 9.47 Å². The molecule has 0 fully saturated rings. The molecular formula is C16H24N2O3. The molecule has 0 aliphatic carbocycles. The summed E-state index contributed by atoms with van der Waals surface area (Å²) in [6, 6.07) is 1.45. The average Bonchev–Trinajstić information content (AvgIpc) is 2.72.